The van der Waals surface area contributed by atoms with Crippen LogP contribution in [0.1, 0.15) is 37.6 Å². The summed E-state index contributed by atoms with van der Waals surface area (Å²) in [7, 11) is 1.29. The number of nitrogens with zero attached hydrogens (tertiary/aromatic N) is 2. The number of fused-ring (bicyclic) bond motifs is 1. The number of carbonyl (C=O) groups excluding carboxylic acids is 3. The van der Waals surface area contributed by atoms with Crippen molar-refractivity contribution in [2.75, 3.05) is 38.6 Å². The highest BCUT2D eigenvalue weighted by Crippen LogP contribution is 2.32. The Balaban J connectivity index is 1.62. The molecule has 0 saturated carbocycles. The number of carbonyl (C=O) groups is 3. The van der Waals surface area contributed by atoms with Crippen LogP contribution < -0.4 is 5.32 Å². The molecule has 1 aromatic rings. The van der Waals surface area contributed by atoms with Gasteiger partial charge in [0.05, 0.1) is 7.11 Å². The summed E-state index contributed by atoms with van der Waals surface area (Å²) in [5.41, 5.74) is 0.504. The van der Waals surface area contributed by atoms with E-state index in [1.807, 2.05) is 25.7 Å². The molecule has 2 atom stereocenters. The maximum Gasteiger partial charge on any atom is 0.411 e. The molecule has 158 valence electrons. The summed E-state index contributed by atoms with van der Waals surface area (Å²) in [6.45, 7) is 8.12. The Hall–Kier alpha value is -2.77. The second kappa shape index (κ2) is 8.31. The van der Waals surface area contributed by atoms with E-state index in [9.17, 15) is 14.4 Å². The smallest absolute Gasteiger partial charge is 0.411 e. The molecular formula is C21H29N3O5. The Morgan fingerprint density at radius 1 is 1.07 bits per heavy atom. The van der Waals surface area contributed by atoms with E-state index in [1.165, 1.54) is 7.11 Å². The fourth-order valence-corrected chi connectivity index (χ4v) is 3.91. The number of nitrogens with one attached hydrogen (secondary N) is 1. The monoisotopic (exact) mass is 403 g/mol. The first-order chi connectivity index (χ1) is 13.7. The molecule has 0 aromatic heterocycles. The summed E-state index contributed by atoms with van der Waals surface area (Å²) >= 11 is 0. The molecular weight excluding hydrogens is 374 g/mol. The first-order valence-corrected chi connectivity index (χ1v) is 9.88. The van der Waals surface area contributed by atoms with Crippen LogP contribution in [0.2, 0.25) is 0 Å². The van der Waals surface area contributed by atoms with E-state index in [0.717, 1.165) is 6.42 Å². The lowest BCUT2D eigenvalue weighted by Gasteiger charge is -2.34. The third-order valence-corrected chi connectivity index (χ3v) is 5.28. The van der Waals surface area contributed by atoms with Crippen LogP contribution in [0.5, 0.6) is 0 Å². The van der Waals surface area contributed by atoms with Gasteiger partial charge in [0, 0.05) is 37.4 Å². The lowest BCUT2D eigenvalue weighted by molar-refractivity contribution is 0.0284. The minimum Gasteiger partial charge on any atom is -0.453 e. The Morgan fingerprint density at radius 3 is 2.45 bits per heavy atom. The average Bonchev–Trinajstić information content (AvgIpc) is 3.09. The van der Waals surface area contributed by atoms with E-state index < -0.39 is 11.7 Å². The van der Waals surface area contributed by atoms with Crippen molar-refractivity contribution in [2.45, 2.75) is 32.8 Å². The Bertz CT molecular complexity index is 789. The van der Waals surface area contributed by atoms with Crippen molar-refractivity contribution in [3.63, 3.8) is 0 Å². The van der Waals surface area contributed by atoms with E-state index in [2.05, 4.69) is 10.1 Å². The number of benzene rings is 1. The topological polar surface area (TPSA) is 88.2 Å². The minimum atomic E-state index is -0.580. The molecule has 1 N–H and O–H groups in total. The van der Waals surface area contributed by atoms with Crippen LogP contribution in [0.4, 0.5) is 15.3 Å². The van der Waals surface area contributed by atoms with Crippen molar-refractivity contribution in [1.82, 2.24) is 9.80 Å². The Kier molecular flexibility index (Phi) is 6.00. The first kappa shape index (κ1) is 21.0. The number of anilines is 1. The van der Waals surface area contributed by atoms with Crippen molar-refractivity contribution in [2.24, 2.45) is 11.8 Å². The molecule has 8 heteroatoms. The fraction of sp³-hybridized carbons (Fsp3) is 0.571. The predicted molar refractivity (Wildman–Crippen MR) is 108 cm³/mol. The number of piperidine rings is 1. The SMILES string of the molecule is COC(=O)Nc1cccc(C(=O)N2CC[C@@H]3CN(C(=O)OC(C)(C)C)C[C@@H]3C2)c1. The molecule has 2 fully saturated rings. The quantitative estimate of drug-likeness (QED) is 0.819. The summed E-state index contributed by atoms with van der Waals surface area (Å²) in [6.07, 6.45) is -0.00882. The normalized spacial score (nSPS) is 21.4. The van der Waals surface area contributed by atoms with Crippen LogP contribution in [0.25, 0.3) is 0 Å². The summed E-state index contributed by atoms with van der Waals surface area (Å²) in [5.74, 6) is 0.558. The molecule has 0 spiro atoms. The summed E-state index contributed by atoms with van der Waals surface area (Å²) in [4.78, 5) is 40.3. The standard InChI is InChI=1S/C21H29N3O5/c1-21(2,3)29-20(27)24-11-15-8-9-23(12-16(15)13-24)18(25)14-6-5-7-17(10-14)22-19(26)28-4/h5-7,10,15-16H,8-9,11-13H2,1-4H3,(H,22,26)/t15-,16+/m1/s1. The lowest BCUT2D eigenvalue weighted by atomic mass is 9.88. The van der Waals surface area contributed by atoms with Crippen molar-refractivity contribution in [1.29, 1.82) is 0 Å². The van der Waals surface area contributed by atoms with E-state index in [0.29, 0.717) is 43.3 Å². The van der Waals surface area contributed by atoms with Gasteiger partial charge < -0.3 is 19.3 Å². The average molecular weight is 403 g/mol. The first-order valence-electron chi connectivity index (χ1n) is 9.88. The van der Waals surface area contributed by atoms with Gasteiger partial charge in [0.1, 0.15) is 5.60 Å². The molecule has 2 aliphatic heterocycles. The van der Waals surface area contributed by atoms with Crippen molar-refractivity contribution < 1.29 is 23.9 Å². The highest BCUT2D eigenvalue weighted by atomic mass is 16.6. The number of hydrogen-bond acceptors (Lipinski definition) is 5. The van der Waals surface area contributed by atoms with Gasteiger partial charge in [-0.3, -0.25) is 10.1 Å². The minimum absolute atomic E-state index is 0.0762. The maximum atomic E-state index is 13.0. The molecule has 0 radical (unpaired) electrons. The molecule has 2 heterocycles. The number of likely N-dealkylation sites (tertiary alicyclic amines) is 2. The van der Waals surface area contributed by atoms with Gasteiger partial charge >= 0.3 is 12.2 Å². The summed E-state index contributed by atoms with van der Waals surface area (Å²) < 4.78 is 10.1. The largest absolute Gasteiger partial charge is 0.453 e. The number of amides is 3. The van der Waals surface area contributed by atoms with Gasteiger partial charge in [-0.1, -0.05) is 6.07 Å². The second-order valence-electron chi connectivity index (χ2n) is 8.64. The molecule has 0 unspecified atom stereocenters. The molecule has 8 nitrogen and oxygen atoms in total. The van der Waals surface area contributed by atoms with E-state index in [1.54, 1.807) is 29.2 Å². The van der Waals surface area contributed by atoms with E-state index >= 15 is 0 Å². The predicted octanol–water partition coefficient (Wildman–Crippen LogP) is 3.19. The van der Waals surface area contributed by atoms with Gasteiger partial charge in [-0.2, -0.15) is 0 Å². The highest BCUT2D eigenvalue weighted by Gasteiger charge is 2.41. The third kappa shape index (κ3) is 5.19. The zero-order valence-corrected chi connectivity index (χ0v) is 17.4. The number of rotatable bonds is 2. The Morgan fingerprint density at radius 2 is 1.76 bits per heavy atom. The highest BCUT2D eigenvalue weighted by molar-refractivity contribution is 5.96. The third-order valence-electron chi connectivity index (χ3n) is 5.28. The van der Waals surface area contributed by atoms with Crippen molar-refractivity contribution >= 4 is 23.8 Å². The van der Waals surface area contributed by atoms with Gasteiger partial charge in [-0.15, -0.1) is 0 Å². The molecule has 0 bridgehead atoms. The molecule has 1 aromatic carbocycles. The van der Waals surface area contributed by atoms with Gasteiger partial charge in [0.25, 0.3) is 5.91 Å². The molecule has 3 rings (SSSR count). The Labute approximate surface area is 171 Å². The number of hydrogen-bond donors (Lipinski definition) is 1. The van der Waals surface area contributed by atoms with Crippen molar-refractivity contribution in [3.05, 3.63) is 29.8 Å². The lowest BCUT2D eigenvalue weighted by Crippen LogP contribution is -2.43. The van der Waals surface area contributed by atoms with E-state index in [-0.39, 0.29) is 17.9 Å². The summed E-state index contributed by atoms with van der Waals surface area (Å²) in [5, 5.41) is 2.57. The summed E-state index contributed by atoms with van der Waals surface area (Å²) in [6, 6.07) is 6.81. The van der Waals surface area contributed by atoms with E-state index in [4.69, 9.17) is 4.74 Å². The van der Waals surface area contributed by atoms with Crippen LogP contribution in [0.3, 0.4) is 0 Å². The number of ether oxygens (including phenoxy) is 2. The van der Waals surface area contributed by atoms with Gasteiger partial charge in [0.15, 0.2) is 0 Å². The molecule has 3 amide bonds. The van der Waals surface area contributed by atoms with Crippen molar-refractivity contribution in [3.8, 4) is 0 Å². The molecule has 29 heavy (non-hydrogen) atoms. The van der Waals surface area contributed by atoms with Gasteiger partial charge in [-0.25, -0.2) is 9.59 Å². The van der Waals surface area contributed by atoms with Gasteiger partial charge in [0.2, 0.25) is 0 Å². The second-order valence-corrected chi connectivity index (χ2v) is 8.64. The number of methoxy groups -OCH3 is 1. The maximum absolute atomic E-state index is 13.0. The zero-order chi connectivity index (χ0) is 21.2. The fourth-order valence-electron chi connectivity index (χ4n) is 3.91. The van der Waals surface area contributed by atoms with Gasteiger partial charge in [-0.05, 0) is 57.2 Å². The van der Waals surface area contributed by atoms with Crippen LogP contribution in [0, 0.1) is 11.8 Å². The molecule has 2 aliphatic rings. The molecule has 2 saturated heterocycles. The van der Waals surface area contributed by atoms with Crippen LogP contribution in [-0.2, 0) is 9.47 Å². The van der Waals surface area contributed by atoms with Crippen LogP contribution in [0.15, 0.2) is 24.3 Å². The van der Waals surface area contributed by atoms with Crippen LogP contribution in [-0.4, -0.2) is 66.8 Å². The molecule has 0 aliphatic carbocycles. The zero-order valence-electron chi connectivity index (χ0n) is 17.4. The van der Waals surface area contributed by atoms with Crippen LogP contribution >= 0.6 is 0 Å².